The number of hydrogen-bond donors (Lipinski definition) is 0. The minimum atomic E-state index is -3.76. The molecule has 2 atom stereocenters. The van der Waals surface area contributed by atoms with Crippen LogP contribution in [0.4, 0.5) is 4.39 Å². The summed E-state index contributed by atoms with van der Waals surface area (Å²) < 4.78 is 46.8. The topological polar surface area (TPSA) is 62.2 Å². The lowest BCUT2D eigenvalue weighted by molar-refractivity contribution is 0.114. The zero-order valence-corrected chi connectivity index (χ0v) is 16.6. The van der Waals surface area contributed by atoms with E-state index in [9.17, 15) is 12.8 Å². The Hall–Kier alpha value is -1.00. The second-order valence-corrected chi connectivity index (χ2v) is 9.37. The van der Waals surface area contributed by atoms with Crippen LogP contribution in [0.5, 0.6) is 0 Å². The SMILES string of the molecule is CN=Cc1ccc(F)cc1S(=O)(=O)N1CCN([C@@H]2COC[C@H]2SC)CC1. The highest BCUT2D eigenvalue weighted by atomic mass is 32.2. The Bertz CT molecular complexity index is 765. The highest BCUT2D eigenvalue weighted by Crippen LogP contribution is 2.26. The van der Waals surface area contributed by atoms with Crippen molar-refractivity contribution in [3.63, 3.8) is 0 Å². The third-order valence-electron chi connectivity index (χ3n) is 4.91. The first-order chi connectivity index (χ1) is 12.5. The molecular formula is C17H24FN3O3S2. The van der Waals surface area contributed by atoms with Crippen LogP contribution in [0.1, 0.15) is 5.56 Å². The first-order valence-electron chi connectivity index (χ1n) is 8.54. The van der Waals surface area contributed by atoms with Crippen LogP contribution in [0.25, 0.3) is 0 Å². The summed E-state index contributed by atoms with van der Waals surface area (Å²) in [5.41, 5.74) is 0.406. The van der Waals surface area contributed by atoms with Crippen molar-refractivity contribution >= 4 is 28.0 Å². The molecule has 0 unspecified atom stereocenters. The molecule has 2 aliphatic heterocycles. The van der Waals surface area contributed by atoms with Crippen molar-refractivity contribution in [3.8, 4) is 0 Å². The normalized spacial score (nSPS) is 26.0. The highest BCUT2D eigenvalue weighted by Gasteiger charge is 2.37. The molecule has 2 saturated heterocycles. The van der Waals surface area contributed by atoms with Crippen LogP contribution < -0.4 is 0 Å². The van der Waals surface area contributed by atoms with Crippen LogP contribution >= 0.6 is 11.8 Å². The Morgan fingerprint density at radius 3 is 2.65 bits per heavy atom. The van der Waals surface area contributed by atoms with E-state index >= 15 is 0 Å². The number of piperazine rings is 1. The quantitative estimate of drug-likeness (QED) is 0.697. The zero-order chi connectivity index (χ0) is 18.7. The lowest BCUT2D eigenvalue weighted by Gasteiger charge is -2.38. The van der Waals surface area contributed by atoms with Gasteiger partial charge in [-0.15, -0.1) is 0 Å². The monoisotopic (exact) mass is 401 g/mol. The van der Waals surface area contributed by atoms with Gasteiger partial charge in [0.2, 0.25) is 10.0 Å². The predicted octanol–water partition coefficient (Wildman–Crippen LogP) is 1.31. The van der Waals surface area contributed by atoms with Crippen molar-refractivity contribution in [2.24, 2.45) is 4.99 Å². The molecule has 6 nitrogen and oxygen atoms in total. The number of benzene rings is 1. The number of sulfonamides is 1. The van der Waals surface area contributed by atoms with Gasteiger partial charge in [0, 0.05) is 56.3 Å². The van der Waals surface area contributed by atoms with Crippen molar-refractivity contribution in [3.05, 3.63) is 29.6 Å². The molecule has 0 aliphatic carbocycles. The third kappa shape index (κ3) is 3.96. The molecular weight excluding hydrogens is 377 g/mol. The van der Waals surface area contributed by atoms with Crippen molar-refractivity contribution in [2.75, 3.05) is 52.7 Å². The summed E-state index contributed by atoms with van der Waals surface area (Å²) in [5.74, 6) is -0.568. The Kier molecular flexibility index (Phi) is 6.34. The second kappa shape index (κ2) is 8.35. The molecule has 1 aromatic carbocycles. The van der Waals surface area contributed by atoms with Crippen LogP contribution in [0, 0.1) is 5.82 Å². The average molecular weight is 402 g/mol. The minimum Gasteiger partial charge on any atom is -0.379 e. The number of ether oxygens (including phenoxy) is 1. The van der Waals surface area contributed by atoms with Crippen molar-refractivity contribution in [1.29, 1.82) is 0 Å². The average Bonchev–Trinajstić information content (AvgIpc) is 3.12. The molecule has 9 heteroatoms. The van der Waals surface area contributed by atoms with E-state index in [2.05, 4.69) is 16.1 Å². The molecule has 26 heavy (non-hydrogen) atoms. The summed E-state index contributed by atoms with van der Waals surface area (Å²) in [7, 11) is -2.20. The van der Waals surface area contributed by atoms with Gasteiger partial charge in [-0.1, -0.05) is 0 Å². The number of rotatable bonds is 5. The molecule has 0 spiro atoms. The van der Waals surface area contributed by atoms with Gasteiger partial charge in [-0.25, -0.2) is 12.8 Å². The van der Waals surface area contributed by atoms with Crippen molar-refractivity contribution < 1.29 is 17.5 Å². The molecule has 0 aromatic heterocycles. The molecule has 0 saturated carbocycles. The van der Waals surface area contributed by atoms with E-state index in [1.165, 1.54) is 22.7 Å². The molecule has 2 fully saturated rings. The molecule has 1 aromatic rings. The maximum absolute atomic E-state index is 13.7. The summed E-state index contributed by atoms with van der Waals surface area (Å²) in [4.78, 5) is 6.16. The molecule has 2 heterocycles. The molecule has 0 N–H and O–H groups in total. The first kappa shape index (κ1) is 19.8. The van der Waals surface area contributed by atoms with Crippen molar-refractivity contribution in [1.82, 2.24) is 9.21 Å². The van der Waals surface area contributed by atoms with Gasteiger partial charge in [-0.2, -0.15) is 16.1 Å². The fraction of sp³-hybridized carbons (Fsp3) is 0.588. The fourth-order valence-electron chi connectivity index (χ4n) is 3.48. The number of hydrogen-bond acceptors (Lipinski definition) is 6. The maximum Gasteiger partial charge on any atom is 0.243 e. The third-order valence-corrected chi connectivity index (χ3v) is 7.92. The van der Waals surface area contributed by atoms with Gasteiger partial charge in [-0.05, 0) is 24.5 Å². The lowest BCUT2D eigenvalue weighted by atomic mass is 10.2. The number of halogens is 1. The molecule has 0 amide bonds. The summed E-state index contributed by atoms with van der Waals surface area (Å²) in [5, 5.41) is 0.425. The van der Waals surface area contributed by atoms with E-state index in [0.29, 0.717) is 49.6 Å². The van der Waals surface area contributed by atoms with Crippen molar-refractivity contribution in [2.45, 2.75) is 16.2 Å². The van der Waals surface area contributed by atoms with E-state index in [4.69, 9.17) is 4.74 Å². The van der Waals surface area contributed by atoms with Gasteiger partial charge in [-0.3, -0.25) is 9.89 Å². The maximum atomic E-state index is 13.7. The van der Waals surface area contributed by atoms with Crippen LogP contribution in [0.2, 0.25) is 0 Å². The van der Waals surface area contributed by atoms with Crippen LogP contribution in [-0.2, 0) is 14.8 Å². The molecule has 2 aliphatic rings. The number of aliphatic imine (C=N–C) groups is 1. The van der Waals surface area contributed by atoms with E-state index in [1.54, 1.807) is 18.8 Å². The Morgan fingerprint density at radius 2 is 2.00 bits per heavy atom. The first-order valence-corrected chi connectivity index (χ1v) is 11.3. The Morgan fingerprint density at radius 1 is 1.27 bits per heavy atom. The summed E-state index contributed by atoms with van der Waals surface area (Å²) in [6.45, 7) is 3.51. The van der Waals surface area contributed by atoms with E-state index < -0.39 is 15.8 Å². The smallest absolute Gasteiger partial charge is 0.243 e. The summed E-state index contributed by atoms with van der Waals surface area (Å²) in [6.07, 6.45) is 3.52. The predicted molar refractivity (Wildman–Crippen MR) is 102 cm³/mol. The molecule has 3 rings (SSSR count). The van der Waals surface area contributed by atoms with Gasteiger partial charge in [0.15, 0.2) is 0 Å². The van der Waals surface area contributed by atoms with Gasteiger partial charge >= 0.3 is 0 Å². The lowest BCUT2D eigenvalue weighted by Crippen LogP contribution is -2.54. The Labute approximate surface area is 158 Å². The summed E-state index contributed by atoms with van der Waals surface area (Å²) in [6, 6.07) is 4.10. The summed E-state index contributed by atoms with van der Waals surface area (Å²) >= 11 is 1.79. The van der Waals surface area contributed by atoms with Gasteiger partial charge in [0.25, 0.3) is 0 Å². The van der Waals surface area contributed by atoms with E-state index in [-0.39, 0.29) is 4.90 Å². The van der Waals surface area contributed by atoms with Crippen LogP contribution in [0.15, 0.2) is 28.1 Å². The second-order valence-electron chi connectivity index (χ2n) is 6.39. The molecule has 0 bridgehead atoms. The van der Waals surface area contributed by atoms with Gasteiger partial charge < -0.3 is 4.74 Å². The standard InChI is InChI=1S/C17H24FN3O3S2/c1-19-10-13-3-4-14(18)9-17(13)26(22,23)21-7-5-20(6-8-21)15-11-24-12-16(15)25-2/h3-4,9-10,15-16H,5-8,11-12H2,1-2H3/t15-,16-/m1/s1. The zero-order valence-electron chi connectivity index (χ0n) is 15.0. The van der Waals surface area contributed by atoms with E-state index in [1.807, 2.05) is 0 Å². The Balaban J connectivity index is 1.75. The fourth-order valence-corrected chi connectivity index (χ4v) is 5.88. The minimum absolute atomic E-state index is 0.0252. The van der Waals surface area contributed by atoms with Gasteiger partial charge in [0.1, 0.15) is 5.82 Å². The van der Waals surface area contributed by atoms with E-state index in [0.717, 1.165) is 12.7 Å². The number of thioether (sulfide) groups is 1. The largest absolute Gasteiger partial charge is 0.379 e. The molecule has 144 valence electrons. The highest BCUT2D eigenvalue weighted by molar-refractivity contribution is 7.99. The number of nitrogens with zero attached hydrogens (tertiary/aromatic N) is 3. The van der Waals surface area contributed by atoms with Crippen LogP contribution in [0.3, 0.4) is 0 Å². The van der Waals surface area contributed by atoms with Crippen LogP contribution in [-0.4, -0.2) is 87.8 Å². The molecule has 0 radical (unpaired) electrons. The van der Waals surface area contributed by atoms with Gasteiger partial charge in [0.05, 0.1) is 18.1 Å².